The predicted molar refractivity (Wildman–Crippen MR) is 49.3 cm³/mol. The molecule has 0 radical (unpaired) electrons. The Hall–Kier alpha value is -1.57. The van der Waals surface area contributed by atoms with E-state index in [0.29, 0.717) is 0 Å². The van der Waals surface area contributed by atoms with Crippen molar-refractivity contribution in [2.45, 2.75) is 12.7 Å². The largest absolute Gasteiger partial charge is 0.394 e. The van der Waals surface area contributed by atoms with E-state index < -0.39 is 31.1 Å². The van der Waals surface area contributed by atoms with E-state index in [0.717, 1.165) is 17.1 Å². The quantitative estimate of drug-likeness (QED) is 0.778. The van der Waals surface area contributed by atoms with Gasteiger partial charge in [0.2, 0.25) is 0 Å². The fourth-order valence-corrected chi connectivity index (χ4v) is 1.13. The summed E-state index contributed by atoms with van der Waals surface area (Å²) in [5.74, 6) is -2.42. The van der Waals surface area contributed by atoms with Crippen LogP contribution in [0.15, 0.2) is 12.4 Å². The second-order valence-electron chi connectivity index (χ2n) is 3.29. The van der Waals surface area contributed by atoms with Crippen LogP contribution in [0.5, 0.6) is 0 Å². The minimum atomic E-state index is -4.38. The van der Waals surface area contributed by atoms with Gasteiger partial charge >= 0.3 is 6.18 Å². The van der Waals surface area contributed by atoms with Crippen LogP contribution < -0.4 is 11.5 Å². The van der Waals surface area contributed by atoms with E-state index in [9.17, 15) is 18.0 Å². The molecule has 0 fully saturated rings. The zero-order valence-electron chi connectivity index (χ0n) is 8.24. The minimum Gasteiger partial charge on any atom is -0.366 e. The molecule has 4 N–H and O–H groups in total. The summed E-state index contributed by atoms with van der Waals surface area (Å²) in [5.41, 5.74) is 10.0. The van der Waals surface area contributed by atoms with Gasteiger partial charge in [-0.15, -0.1) is 0 Å². The lowest BCUT2D eigenvalue weighted by Crippen LogP contribution is -2.34. The van der Waals surface area contributed by atoms with Gasteiger partial charge in [0.15, 0.2) is 0 Å². The summed E-state index contributed by atoms with van der Waals surface area (Å²) in [5, 5.41) is 3.60. The number of halogens is 3. The van der Waals surface area contributed by atoms with Crippen LogP contribution in [0.3, 0.4) is 0 Å². The van der Waals surface area contributed by atoms with E-state index in [2.05, 4.69) is 5.10 Å². The topological polar surface area (TPSA) is 86.9 Å². The van der Waals surface area contributed by atoms with Crippen LogP contribution >= 0.6 is 0 Å². The van der Waals surface area contributed by atoms with E-state index in [1.165, 1.54) is 0 Å². The lowest BCUT2D eigenvalue weighted by molar-refractivity contribution is -0.175. The molecular weight excluding hydrogens is 225 g/mol. The lowest BCUT2D eigenvalue weighted by atomic mass is 10.1. The average Bonchev–Trinajstić information content (AvgIpc) is 2.60. The molecule has 0 aliphatic carbocycles. The van der Waals surface area contributed by atoms with E-state index in [1.54, 1.807) is 0 Å². The molecular formula is C8H11F3N4O. The van der Waals surface area contributed by atoms with Crippen LogP contribution in [0.4, 0.5) is 13.2 Å². The van der Waals surface area contributed by atoms with Crippen molar-refractivity contribution in [1.29, 1.82) is 0 Å². The van der Waals surface area contributed by atoms with Crippen molar-refractivity contribution < 1.29 is 18.0 Å². The lowest BCUT2D eigenvalue weighted by Gasteiger charge is -2.17. The molecule has 0 spiro atoms. The molecule has 0 aliphatic heterocycles. The molecule has 1 atom stereocenters. The Labute approximate surface area is 89.2 Å². The molecule has 90 valence electrons. The van der Waals surface area contributed by atoms with Crippen molar-refractivity contribution in [3.8, 4) is 0 Å². The SMILES string of the molecule is NCC(Cn1cc(C(N)=O)cn1)C(F)(F)F. The summed E-state index contributed by atoms with van der Waals surface area (Å²) in [6.45, 7) is -0.956. The van der Waals surface area contributed by atoms with E-state index >= 15 is 0 Å². The molecule has 1 rings (SSSR count). The first-order valence-corrected chi connectivity index (χ1v) is 4.43. The maximum atomic E-state index is 12.4. The summed E-state index contributed by atoms with van der Waals surface area (Å²) in [4.78, 5) is 10.7. The number of primary amides is 1. The van der Waals surface area contributed by atoms with Gasteiger partial charge in [0, 0.05) is 12.7 Å². The van der Waals surface area contributed by atoms with Gasteiger partial charge in [0.05, 0.1) is 24.2 Å². The van der Waals surface area contributed by atoms with Crippen molar-refractivity contribution in [2.75, 3.05) is 6.54 Å². The van der Waals surface area contributed by atoms with Gasteiger partial charge in [-0.2, -0.15) is 18.3 Å². The maximum absolute atomic E-state index is 12.4. The van der Waals surface area contributed by atoms with Crippen LogP contribution in [-0.2, 0) is 6.54 Å². The molecule has 1 aromatic rings. The Bertz CT molecular complexity index is 374. The summed E-state index contributed by atoms with van der Waals surface area (Å²) in [7, 11) is 0. The van der Waals surface area contributed by atoms with E-state index in [-0.39, 0.29) is 5.56 Å². The maximum Gasteiger partial charge on any atom is 0.394 e. The second-order valence-corrected chi connectivity index (χ2v) is 3.29. The fraction of sp³-hybridized carbons (Fsp3) is 0.500. The molecule has 0 bridgehead atoms. The molecule has 5 nitrogen and oxygen atoms in total. The number of nitrogens with zero attached hydrogens (tertiary/aromatic N) is 2. The van der Waals surface area contributed by atoms with Gasteiger partial charge < -0.3 is 11.5 Å². The third-order valence-electron chi connectivity index (χ3n) is 2.07. The van der Waals surface area contributed by atoms with Gasteiger partial charge in [-0.1, -0.05) is 0 Å². The van der Waals surface area contributed by atoms with Crippen molar-refractivity contribution >= 4 is 5.91 Å². The van der Waals surface area contributed by atoms with Crippen molar-refractivity contribution in [1.82, 2.24) is 9.78 Å². The highest BCUT2D eigenvalue weighted by atomic mass is 19.4. The van der Waals surface area contributed by atoms with Gasteiger partial charge in [-0.25, -0.2) is 0 Å². The molecule has 8 heteroatoms. The average molecular weight is 236 g/mol. The van der Waals surface area contributed by atoms with Crippen molar-refractivity contribution in [2.24, 2.45) is 17.4 Å². The first-order chi connectivity index (χ1) is 7.34. The highest BCUT2D eigenvalue weighted by Gasteiger charge is 2.38. The summed E-state index contributed by atoms with van der Waals surface area (Å²) >= 11 is 0. The molecule has 16 heavy (non-hydrogen) atoms. The minimum absolute atomic E-state index is 0.0675. The summed E-state index contributed by atoms with van der Waals surface area (Å²) < 4.78 is 38.1. The summed E-state index contributed by atoms with van der Waals surface area (Å²) in [6.07, 6.45) is -2.10. The standard InChI is InChI=1S/C8H11F3N4O/c9-8(10,11)6(1-12)4-15-3-5(2-14-15)7(13)16/h2-3,6H,1,4,12H2,(H2,13,16). The zero-order chi connectivity index (χ0) is 12.3. The van der Waals surface area contributed by atoms with Crippen LogP contribution in [0.2, 0.25) is 0 Å². The third-order valence-corrected chi connectivity index (χ3v) is 2.07. The Kier molecular flexibility index (Phi) is 3.53. The molecule has 0 aromatic carbocycles. The highest BCUT2D eigenvalue weighted by molar-refractivity contribution is 5.92. The summed E-state index contributed by atoms with van der Waals surface area (Å²) in [6, 6.07) is 0. The highest BCUT2D eigenvalue weighted by Crippen LogP contribution is 2.26. The normalized spacial score (nSPS) is 13.8. The number of carbonyl (C=O) groups excluding carboxylic acids is 1. The number of hydrogen-bond donors (Lipinski definition) is 2. The van der Waals surface area contributed by atoms with Gasteiger partial charge in [0.25, 0.3) is 5.91 Å². The molecule has 0 aliphatic rings. The first kappa shape index (κ1) is 12.5. The third kappa shape index (κ3) is 2.96. The predicted octanol–water partition coefficient (Wildman–Crippen LogP) is 0.119. The smallest absolute Gasteiger partial charge is 0.366 e. The van der Waals surface area contributed by atoms with Crippen LogP contribution in [0.25, 0.3) is 0 Å². The fourth-order valence-electron chi connectivity index (χ4n) is 1.13. The molecule has 1 unspecified atom stereocenters. The number of carbonyl (C=O) groups is 1. The number of hydrogen-bond acceptors (Lipinski definition) is 3. The van der Waals surface area contributed by atoms with Crippen molar-refractivity contribution in [3.63, 3.8) is 0 Å². The number of rotatable bonds is 4. The molecule has 1 aromatic heterocycles. The Morgan fingerprint density at radius 3 is 2.56 bits per heavy atom. The van der Waals surface area contributed by atoms with Gasteiger partial charge in [-0.3, -0.25) is 9.48 Å². The zero-order valence-corrected chi connectivity index (χ0v) is 8.24. The Morgan fingerprint density at radius 1 is 1.56 bits per heavy atom. The van der Waals surface area contributed by atoms with E-state index in [4.69, 9.17) is 11.5 Å². The van der Waals surface area contributed by atoms with E-state index in [1.807, 2.05) is 0 Å². The van der Waals surface area contributed by atoms with Gasteiger partial charge in [-0.05, 0) is 0 Å². The molecule has 1 amide bonds. The number of aromatic nitrogens is 2. The number of alkyl halides is 3. The Morgan fingerprint density at radius 2 is 2.19 bits per heavy atom. The second kappa shape index (κ2) is 4.52. The molecule has 1 heterocycles. The van der Waals surface area contributed by atoms with Crippen LogP contribution in [-0.4, -0.2) is 28.4 Å². The monoisotopic (exact) mass is 236 g/mol. The Balaban J connectivity index is 2.75. The number of nitrogens with two attached hydrogens (primary N) is 2. The molecule has 0 saturated carbocycles. The number of amides is 1. The first-order valence-electron chi connectivity index (χ1n) is 4.43. The van der Waals surface area contributed by atoms with Crippen LogP contribution in [0, 0.1) is 5.92 Å². The van der Waals surface area contributed by atoms with Crippen LogP contribution in [0.1, 0.15) is 10.4 Å². The van der Waals surface area contributed by atoms with Crippen molar-refractivity contribution in [3.05, 3.63) is 18.0 Å². The molecule has 0 saturated heterocycles. The van der Waals surface area contributed by atoms with Gasteiger partial charge in [0.1, 0.15) is 0 Å².